The molecule has 4 nitrogen and oxygen atoms in total. The first-order valence-electron chi connectivity index (χ1n) is 8.48. The molecular formula is C20H18F2N4. The van der Waals surface area contributed by atoms with Gasteiger partial charge in [-0.2, -0.15) is 0 Å². The second-order valence-corrected chi connectivity index (χ2v) is 6.35. The van der Waals surface area contributed by atoms with Gasteiger partial charge in [-0.15, -0.1) is 0 Å². The highest BCUT2D eigenvalue weighted by Crippen LogP contribution is 2.26. The molecular weight excluding hydrogens is 334 g/mol. The summed E-state index contributed by atoms with van der Waals surface area (Å²) in [7, 11) is 0. The summed E-state index contributed by atoms with van der Waals surface area (Å²) in [6.45, 7) is 3.43. The minimum atomic E-state index is -0.658. The average molecular weight is 352 g/mol. The lowest BCUT2D eigenvalue weighted by molar-refractivity contribution is 0.586. The van der Waals surface area contributed by atoms with Crippen molar-refractivity contribution in [3.05, 3.63) is 77.1 Å². The minimum absolute atomic E-state index is 0.180. The van der Waals surface area contributed by atoms with Crippen LogP contribution in [0.2, 0.25) is 0 Å². The van der Waals surface area contributed by atoms with E-state index in [1.54, 1.807) is 13.0 Å². The van der Waals surface area contributed by atoms with Gasteiger partial charge in [-0.05, 0) is 36.6 Å². The predicted octanol–water partition coefficient (Wildman–Crippen LogP) is 4.37. The molecule has 1 aliphatic heterocycles. The van der Waals surface area contributed by atoms with Crippen molar-refractivity contribution in [3.63, 3.8) is 0 Å². The fraction of sp³-hybridized carbons (Fsp3) is 0.200. The number of aromatic nitrogens is 2. The molecule has 4 rings (SSSR count). The molecule has 6 heteroatoms. The quantitative estimate of drug-likeness (QED) is 0.760. The molecule has 0 unspecified atom stereocenters. The zero-order valence-corrected chi connectivity index (χ0v) is 14.3. The normalized spacial score (nSPS) is 13.4. The van der Waals surface area contributed by atoms with Gasteiger partial charge in [0.2, 0.25) is 0 Å². The van der Waals surface area contributed by atoms with Crippen molar-refractivity contribution in [3.8, 4) is 0 Å². The second kappa shape index (κ2) is 6.71. The molecule has 0 radical (unpaired) electrons. The monoisotopic (exact) mass is 352 g/mol. The summed E-state index contributed by atoms with van der Waals surface area (Å²) in [5, 5.41) is 2.92. The van der Waals surface area contributed by atoms with Gasteiger partial charge in [0.25, 0.3) is 0 Å². The van der Waals surface area contributed by atoms with Crippen molar-refractivity contribution >= 4 is 17.3 Å². The Morgan fingerprint density at radius 2 is 1.81 bits per heavy atom. The molecule has 0 saturated heterocycles. The molecule has 132 valence electrons. The van der Waals surface area contributed by atoms with Crippen LogP contribution >= 0.6 is 0 Å². The van der Waals surface area contributed by atoms with Crippen molar-refractivity contribution in [2.45, 2.75) is 19.9 Å². The minimum Gasteiger partial charge on any atom is -0.352 e. The topological polar surface area (TPSA) is 41.1 Å². The Morgan fingerprint density at radius 1 is 1.00 bits per heavy atom. The smallest absolute Gasteiger partial charge is 0.149 e. The third-order valence-corrected chi connectivity index (χ3v) is 4.47. The Balaban J connectivity index is 1.61. The van der Waals surface area contributed by atoms with E-state index >= 15 is 0 Å². The number of hydrogen-bond donors (Lipinski definition) is 1. The maximum atomic E-state index is 13.9. The first-order valence-corrected chi connectivity index (χ1v) is 8.48. The molecule has 0 spiro atoms. The fourth-order valence-corrected chi connectivity index (χ4v) is 3.20. The van der Waals surface area contributed by atoms with Gasteiger partial charge >= 0.3 is 0 Å². The number of benzene rings is 2. The molecule has 0 amide bonds. The van der Waals surface area contributed by atoms with Crippen LogP contribution in [0.5, 0.6) is 0 Å². The Morgan fingerprint density at radius 3 is 2.62 bits per heavy atom. The summed E-state index contributed by atoms with van der Waals surface area (Å²) in [5.41, 5.74) is 2.83. The van der Waals surface area contributed by atoms with E-state index in [4.69, 9.17) is 0 Å². The molecule has 0 atom stereocenters. The van der Waals surface area contributed by atoms with E-state index in [2.05, 4.69) is 38.4 Å². The van der Waals surface area contributed by atoms with E-state index in [0.717, 1.165) is 31.4 Å². The van der Waals surface area contributed by atoms with Crippen LogP contribution in [0, 0.1) is 18.6 Å². The molecule has 0 bridgehead atoms. The van der Waals surface area contributed by atoms with Gasteiger partial charge in [-0.3, -0.25) is 0 Å². The standard InChI is InChI=1S/C20H18F2N4/c1-13-23-19(25-18-7-6-16(21)10-17(18)22)11-20(24-13)26-9-8-14-4-2-3-5-15(14)12-26/h2-7,10-11H,8-9,12H2,1H3,(H,23,24,25). The Bertz CT molecular complexity index is 958. The molecule has 0 saturated carbocycles. The Labute approximate surface area is 150 Å². The molecule has 0 fully saturated rings. The van der Waals surface area contributed by atoms with Gasteiger partial charge < -0.3 is 10.2 Å². The Hall–Kier alpha value is -3.02. The van der Waals surface area contributed by atoms with E-state index in [0.29, 0.717) is 11.6 Å². The lowest BCUT2D eigenvalue weighted by atomic mass is 10.00. The molecule has 3 aromatic rings. The van der Waals surface area contributed by atoms with Gasteiger partial charge in [-0.1, -0.05) is 24.3 Å². The van der Waals surface area contributed by atoms with Crippen molar-refractivity contribution in [2.24, 2.45) is 0 Å². The average Bonchev–Trinajstić information content (AvgIpc) is 2.63. The van der Waals surface area contributed by atoms with Gasteiger partial charge in [0.15, 0.2) is 0 Å². The molecule has 2 aromatic carbocycles. The van der Waals surface area contributed by atoms with E-state index in [1.807, 2.05) is 6.07 Å². The van der Waals surface area contributed by atoms with Crippen LogP contribution in [-0.2, 0) is 13.0 Å². The summed E-state index contributed by atoms with van der Waals surface area (Å²) in [6.07, 6.45) is 0.953. The van der Waals surface area contributed by atoms with Crippen LogP contribution in [0.3, 0.4) is 0 Å². The highest BCUT2D eigenvalue weighted by atomic mass is 19.1. The number of halogens is 2. The van der Waals surface area contributed by atoms with Crippen LogP contribution < -0.4 is 10.2 Å². The summed E-state index contributed by atoms with van der Waals surface area (Å²) in [6, 6.07) is 13.6. The number of fused-ring (bicyclic) bond motifs is 1. The van der Waals surface area contributed by atoms with E-state index in [-0.39, 0.29) is 5.69 Å². The van der Waals surface area contributed by atoms with Crippen LogP contribution in [0.4, 0.5) is 26.1 Å². The highest BCUT2D eigenvalue weighted by molar-refractivity contribution is 5.60. The lowest BCUT2D eigenvalue weighted by Crippen LogP contribution is -2.31. The summed E-state index contributed by atoms with van der Waals surface area (Å²) < 4.78 is 27.0. The summed E-state index contributed by atoms with van der Waals surface area (Å²) in [4.78, 5) is 11.0. The van der Waals surface area contributed by atoms with Crippen molar-refractivity contribution in [1.29, 1.82) is 0 Å². The molecule has 1 aliphatic rings. The number of nitrogens with one attached hydrogen (secondary N) is 1. The second-order valence-electron chi connectivity index (χ2n) is 6.35. The van der Waals surface area contributed by atoms with E-state index in [1.165, 1.54) is 23.3 Å². The summed E-state index contributed by atoms with van der Waals surface area (Å²) in [5.74, 6) is 0.592. The first kappa shape index (κ1) is 16.4. The third kappa shape index (κ3) is 3.35. The first-order chi connectivity index (χ1) is 12.6. The molecule has 0 aliphatic carbocycles. The molecule has 2 heterocycles. The van der Waals surface area contributed by atoms with Crippen LogP contribution in [0.25, 0.3) is 0 Å². The third-order valence-electron chi connectivity index (χ3n) is 4.47. The van der Waals surface area contributed by atoms with Gasteiger partial charge in [0.1, 0.15) is 29.1 Å². The number of rotatable bonds is 3. The van der Waals surface area contributed by atoms with Crippen molar-refractivity contribution < 1.29 is 8.78 Å². The fourth-order valence-electron chi connectivity index (χ4n) is 3.20. The van der Waals surface area contributed by atoms with Crippen LogP contribution in [0.15, 0.2) is 48.5 Å². The number of anilines is 3. The maximum absolute atomic E-state index is 13.9. The highest BCUT2D eigenvalue weighted by Gasteiger charge is 2.18. The largest absolute Gasteiger partial charge is 0.352 e. The zero-order chi connectivity index (χ0) is 18.1. The van der Waals surface area contributed by atoms with Crippen molar-refractivity contribution in [2.75, 3.05) is 16.8 Å². The molecule has 26 heavy (non-hydrogen) atoms. The molecule has 1 aromatic heterocycles. The Kier molecular flexibility index (Phi) is 4.24. The maximum Gasteiger partial charge on any atom is 0.149 e. The number of nitrogens with zero attached hydrogens (tertiary/aromatic N) is 3. The van der Waals surface area contributed by atoms with Gasteiger partial charge in [-0.25, -0.2) is 18.7 Å². The summed E-state index contributed by atoms with van der Waals surface area (Å²) >= 11 is 0. The van der Waals surface area contributed by atoms with Crippen LogP contribution in [0.1, 0.15) is 17.0 Å². The number of hydrogen-bond acceptors (Lipinski definition) is 4. The van der Waals surface area contributed by atoms with Crippen LogP contribution in [-0.4, -0.2) is 16.5 Å². The van der Waals surface area contributed by atoms with Gasteiger partial charge in [0.05, 0.1) is 5.69 Å². The van der Waals surface area contributed by atoms with Crippen molar-refractivity contribution in [1.82, 2.24) is 9.97 Å². The molecule has 1 N–H and O–H groups in total. The zero-order valence-electron chi connectivity index (χ0n) is 14.3. The van der Waals surface area contributed by atoms with E-state index in [9.17, 15) is 8.78 Å². The SMILES string of the molecule is Cc1nc(Nc2ccc(F)cc2F)cc(N2CCc3ccccc3C2)n1. The number of aryl methyl sites for hydroxylation is 1. The predicted molar refractivity (Wildman–Crippen MR) is 97.6 cm³/mol. The van der Waals surface area contributed by atoms with E-state index < -0.39 is 11.6 Å². The van der Waals surface area contributed by atoms with Gasteiger partial charge in [0, 0.05) is 25.2 Å². The lowest BCUT2D eigenvalue weighted by Gasteiger charge is -2.30.